The van der Waals surface area contributed by atoms with Crippen LogP contribution in [0.15, 0.2) is 24.3 Å². The van der Waals surface area contributed by atoms with Crippen molar-refractivity contribution in [1.29, 1.82) is 0 Å². The molecule has 56 valence electrons. The van der Waals surface area contributed by atoms with E-state index in [0.717, 1.165) is 17.7 Å². The molecule has 0 aliphatic carbocycles. The van der Waals surface area contributed by atoms with Crippen LogP contribution in [0.2, 0.25) is 0 Å². The normalized spacial score (nSPS) is 9.09. The molecule has 0 atom stereocenters. The van der Waals surface area contributed by atoms with Gasteiger partial charge in [0.25, 0.3) is 0 Å². The van der Waals surface area contributed by atoms with Gasteiger partial charge in [-0.3, -0.25) is 0 Å². The van der Waals surface area contributed by atoms with Crippen molar-refractivity contribution in [2.75, 3.05) is 5.75 Å². The number of rotatable bonds is 2. The Bertz CT molecular complexity index is 253. The third-order valence-corrected chi connectivity index (χ3v) is 1.74. The van der Waals surface area contributed by atoms with Crippen LogP contribution in [-0.4, -0.2) is 5.75 Å². The van der Waals surface area contributed by atoms with Gasteiger partial charge in [0.1, 0.15) is 0 Å². The molecule has 0 heterocycles. The van der Waals surface area contributed by atoms with Crippen LogP contribution in [0.4, 0.5) is 0 Å². The fourth-order valence-electron chi connectivity index (χ4n) is 0.897. The van der Waals surface area contributed by atoms with Crippen LogP contribution < -0.4 is 0 Å². The largest absolute Gasteiger partial charge is 0.179 e. The van der Waals surface area contributed by atoms with Crippen LogP contribution in [0.3, 0.4) is 0 Å². The van der Waals surface area contributed by atoms with E-state index >= 15 is 0 Å². The first kappa shape index (κ1) is 8.23. The minimum absolute atomic E-state index is 0.884. The number of hydrogen-bond donors (Lipinski definition) is 1. The number of thiol groups is 1. The smallest absolute Gasteiger partial charge is 0.0242 e. The Morgan fingerprint density at radius 3 is 2.36 bits per heavy atom. The molecule has 0 fully saturated rings. The number of hydrogen-bond acceptors (Lipinski definition) is 1. The van der Waals surface area contributed by atoms with E-state index in [1.54, 1.807) is 0 Å². The molecule has 0 aliphatic heterocycles. The third-order valence-electron chi connectivity index (χ3n) is 1.52. The van der Waals surface area contributed by atoms with Crippen molar-refractivity contribution in [2.24, 2.45) is 0 Å². The first-order valence-corrected chi connectivity index (χ1v) is 4.16. The summed E-state index contributed by atoms with van der Waals surface area (Å²) in [6.45, 7) is 0. The molecule has 1 aromatic carbocycles. The van der Waals surface area contributed by atoms with Crippen LogP contribution in [0.5, 0.6) is 0 Å². The van der Waals surface area contributed by atoms with Gasteiger partial charge in [-0.1, -0.05) is 18.1 Å². The Hall–Kier alpha value is -0.870. The highest BCUT2D eigenvalue weighted by Crippen LogP contribution is 2.04. The van der Waals surface area contributed by atoms with Gasteiger partial charge in [0, 0.05) is 5.56 Å². The van der Waals surface area contributed by atoms with Crippen LogP contribution in [-0.2, 0) is 6.42 Å². The molecule has 0 spiro atoms. The van der Waals surface area contributed by atoms with Gasteiger partial charge in [-0.25, -0.2) is 0 Å². The standard InChI is InChI=1S/C10H10S/c1-2-9-3-5-10(6-4-9)7-8-11/h1,3-6,11H,7-8H2. The van der Waals surface area contributed by atoms with E-state index in [1.807, 2.05) is 24.3 Å². The highest BCUT2D eigenvalue weighted by atomic mass is 32.1. The zero-order chi connectivity index (χ0) is 8.10. The molecule has 0 aromatic heterocycles. The van der Waals surface area contributed by atoms with E-state index in [1.165, 1.54) is 5.56 Å². The van der Waals surface area contributed by atoms with E-state index in [2.05, 4.69) is 18.5 Å². The van der Waals surface area contributed by atoms with E-state index in [4.69, 9.17) is 6.42 Å². The monoisotopic (exact) mass is 162 g/mol. The van der Waals surface area contributed by atoms with Crippen LogP contribution in [0.25, 0.3) is 0 Å². The molecular weight excluding hydrogens is 152 g/mol. The first-order valence-electron chi connectivity index (χ1n) is 3.53. The summed E-state index contributed by atoms with van der Waals surface area (Å²) in [5, 5.41) is 0. The molecule has 0 saturated heterocycles. The average molecular weight is 162 g/mol. The molecule has 1 heteroatoms. The molecule has 0 saturated carbocycles. The van der Waals surface area contributed by atoms with Gasteiger partial charge in [-0.2, -0.15) is 12.6 Å². The van der Waals surface area contributed by atoms with Gasteiger partial charge < -0.3 is 0 Å². The summed E-state index contributed by atoms with van der Waals surface area (Å²) >= 11 is 4.14. The Morgan fingerprint density at radius 2 is 1.91 bits per heavy atom. The van der Waals surface area contributed by atoms with Crippen molar-refractivity contribution in [3.8, 4) is 12.3 Å². The molecule has 0 bridgehead atoms. The van der Waals surface area contributed by atoms with Gasteiger partial charge >= 0.3 is 0 Å². The minimum atomic E-state index is 0.884. The summed E-state index contributed by atoms with van der Waals surface area (Å²) in [5.41, 5.74) is 2.23. The van der Waals surface area contributed by atoms with E-state index < -0.39 is 0 Å². The lowest BCUT2D eigenvalue weighted by molar-refractivity contribution is 1.16. The van der Waals surface area contributed by atoms with Gasteiger partial charge in [0.2, 0.25) is 0 Å². The maximum absolute atomic E-state index is 5.21. The molecule has 0 radical (unpaired) electrons. The topological polar surface area (TPSA) is 0 Å². The Morgan fingerprint density at radius 1 is 1.27 bits per heavy atom. The lowest BCUT2D eigenvalue weighted by Gasteiger charge is -1.96. The number of terminal acetylenes is 1. The quantitative estimate of drug-likeness (QED) is 0.500. The zero-order valence-electron chi connectivity index (χ0n) is 6.25. The number of aryl methyl sites for hydroxylation is 1. The van der Waals surface area contributed by atoms with E-state index in [9.17, 15) is 0 Å². The first-order chi connectivity index (χ1) is 5.36. The van der Waals surface area contributed by atoms with Crippen LogP contribution in [0.1, 0.15) is 11.1 Å². The maximum Gasteiger partial charge on any atom is 0.0242 e. The van der Waals surface area contributed by atoms with Crippen molar-refractivity contribution in [3.05, 3.63) is 35.4 Å². The minimum Gasteiger partial charge on any atom is -0.179 e. The van der Waals surface area contributed by atoms with Gasteiger partial charge in [0.05, 0.1) is 0 Å². The lowest BCUT2D eigenvalue weighted by atomic mass is 10.1. The average Bonchev–Trinajstić information content (AvgIpc) is 2.07. The van der Waals surface area contributed by atoms with Crippen LogP contribution >= 0.6 is 12.6 Å². The molecule has 0 nitrogen and oxygen atoms in total. The van der Waals surface area contributed by atoms with Crippen molar-refractivity contribution in [2.45, 2.75) is 6.42 Å². The van der Waals surface area contributed by atoms with Gasteiger partial charge in [0.15, 0.2) is 0 Å². The fraction of sp³-hybridized carbons (Fsp3) is 0.200. The highest BCUT2D eigenvalue weighted by Gasteiger charge is 1.89. The Labute approximate surface area is 73.0 Å². The fourth-order valence-corrected chi connectivity index (χ4v) is 1.15. The maximum atomic E-state index is 5.21. The van der Waals surface area contributed by atoms with Crippen LogP contribution in [0, 0.1) is 12.3 Å². The molecule has 0 aliphatic rings. The van der Waals surface area contributed by atoms with Gasteiger partial charge in [-0.05, 0) is 29.9 Å². The van der Waals surface area contributed by atoms with E-state index in [0.29, 0.717) is 0 Å². The molecule has 0 amide bonds. The molecule has 1 aromatic rings. The summed E-state index contributed by atoms with van der Waals surface area (Å²) in [7, 11) is 0. The predicted octanol–water partition coefficient (Wildman–Crippen LogP) is 2.14. The SMILES string of the molecule is C#Cc1ccc(CCS)cc1. The highest BCUT2D eigenvalue weighted by molar-refractivity contribution is 7.80. The second kappa shape index (κ2) is 4.10. The Kier molecular flexibility index (Phi) is 3.07. The summed E-state index contributed by atoms with van der Waals surface area (Å²) in [6, 6.07) is 8.01. The molecular formula is C10H10S. The van der Waals surface area contributed by atoms with Crippen molar-refractivity contribution in [1.82, 2.24) is 0 Å². The zero-order valence-corrected chi connectivity index (χ0v) is 7.14. The van der Waals surface area contributed by atoms with Crippen molar-refractivity contribution in [3.63, 3.8) is 0 Å². The summed E-state index contributed by atoms with van der Waals surface area (Å²) in [6.07, 6.45) is 6.22. The second-order valence-corrected chi connectivity index (χ2v) is 2.76. The van der Waals surface area contributed by atoms with Crippen molar-refractivity contribution < 1.29 is 0 Å². The predicted molar refractivity (Wildman–Crippen MR) is 51.9 cm³/mol. The summed E-state index contributed by atoms with van der Waals surface area (Å²) in [4.78, 5) is 0. The second-order valence-electron chi connectivity index (χ2n) is 2.31. The van der Waals surface area contributed by atoms with Crippen molar-refractivity contribution >= 4 is 12.6 Å². The lowest BCUT2D eigenvalue weighted by Crippen LogP contribution is -1.85. The third kappa shape index (κ3) is 2.32. The van der Waals surface area contributed by atoms with Gasteiger partial charge in [-0.15, -0.1) is 6.42 Å². The molecule has 0 unspecified atom stereocenters. The molecule has 1 rings (SSSR count). The Balaban J connectivity index is 2.76. The molecule has 0 N–H and O–H groups in total. The van der Waals surface area contributed by atoms with E-state index in [-0.39, 0.29) is 0 Å². The number of benzene rings is 1. The molecule has 11 heavy (non-hydrogen) atoms. The summed E-state index contributed by atoms with van der Waals surface area (Å²) < 4.78 is 0. The summed E-state index contributed by atoms with van der Waals surface area (Å²) in [5.74, 6) is 3.46.